The maximum atomic E-state index is 13.8. The number of fused-ring (bicyclic) bond motifs is 1. The van der Waals surface area contributed by atoms with Crippen LogP contribution in [0.2, 0.25) is 0 Å². The molecule has 0 unspecified atom stereocenters. The molecule has 0 amide bonds. The zero-order valence-electron chi connectivity index (χ0n) is 13.2. The van der Waals surface area contributed by atoms with E-state index >= 15 is 0 Å². The van der Waals surface area contributed by atoms with Crippen molar-refractivity contribution in [2.75, 3.05) is 13.2 Å². The number of hydrogen-bond donors (Lipinski definition) is 2. The summed E-state index contributed by atoms with van der Waals surface area (Å²) in [5.74, 6) is 1.35. The number of aromatic nitrogens is 2. The Balaban J connectivity index is 0.00000132. The van der Waals surface area contributed by atoms with Crippen molar-refractivity contribution in [3.05, 3.63) is 35.4 Å². The summed E-state index contributed by atoms with van der Waals surface area (Å²) in [6, 6.07) is 4.74. The van der Waals surface area contributed by atoms with Gasteiger partial charge in [0.25, 0.3) is 0 Å². The summed E-state index contributed by atoms with van der Waals surface area (Å²) in [5.41, 5.74) is 2.88. The fourth-order valence-electron chi connectivity index (χ4n) is 2.40. The SMILES string of the molecule is CC(C)COc1cc(F)cc(-c2nc3c([nH]2)CNCC3)c1.Cl.Cl. The molecule has 0 atom stereocenters. The molecule has 4 nitrogen and oxygen atoms in total. The average Bonchev–Trinajstić information content (AvgIpc) is 2.88. The van der Waals surface area contributed by atoms with Crippen molar-refractivity contribution in [3.8, 4) is 17.1 Å². The Hall–Kier alpha value is -1.30. The van der Waals surface area contributed by atoms with Gasteiger partial charge in [0.2, 0.25) is 0 Å². The lowest BCUT2D eigenvalue weighted by Crippen LogP contribution is -2.23. The van der Waals surface area contributed by atoms with Crippen molar-refractivity contribution in [1.29, 1.82) is 0 Å². The van der Waals surface area contributed by atoms with Gasteiger partial charge < -0.3 is 15.0 Å². The van der Waals surface area contributed by atoms with Gasteiger partial charge in [-0.15, -0.1) is 24.8 Å². The second kappa shape index (κ2) is 8.52. The lowest BCUT2D eigenvalue weighted by atomic mass is 10.2. The second-order valence-corrected chi connectivity index (χ2v) is 5.82. The van der Waals surface area contributed by atoms with Crippen LogP contribution in [0.15, 0.2) is 18.2 Å². The van der Waals surface area contributed by atoms with Gasteiger partial charge in [0.05, 0.1) is 18.0 Å². The summed E-state index contributed by atoms with van der Waals surface area (Å²) in [6.07, 6.45) is 0.901. The molecule has 2 aromatic rings. The minimum atomic E-state index is -0.307. The molecule has 7 heteroatoms. The van der Waals surface area contributed by atoms with E-state index < -0.39 is 0 Å². The number of nitrogens with zero attached hydrogens (tertiary/aromatic N) is 1. The summed E-state index contributed by atoms with van der Waals surface area (Å²) >= 11 is 0. The van der Waals surface area contributed by atoms with Gasteiger partial charge in [-0.05, 0) is 18.1 Å². The Morgan fingerprint density at radius 1 is 1.26 bits per heavy atom. The average molecular weight is 362 g/mol. The number of aromatic amines is 1. The first kappa shape index (κ1) is 19.7. The molecule has 0 fully saturated rings. The lowest BCUT2D eigenvalue weighted by Gasteiger charge is -2.10. The highest BCUT2D eigenvalue weighted by Crippen LogP contribution is 2.26. The first-order valence-corrected chi connectivity index (χ1v) is 7.34. The van der Waals surface area contributed by atoms with E-state index in [0.29, 0.717) is 24.1 Å². The van der Waals surface area contributed by atoms with Crippen molar-refractivity contribution in [2.45, 2.75) is 26.8 Å². The zero-order chi connectivity index (χ0) is 14.8. The Bertz CT molecular complexity index is 623. The van der Waals surface area contributed by atoms with Gasteiger partial charge in [-0.25, -0.2) is 9.37 Å². The van der Waals surface area contributed by atoms with Gasteiger partial charge in [0, 0.05) is 31.1 Å². The highest BCUT2D eigenvalue weighted by Gasteiger charge is 2.15. The molecule has 23 heavy (non-hydrogen) atoms. The van der Waals surface area contributed by atoms with Crippen molar-refractivity contribution in [3.63, 3.8) is 0 Å². The van der Waals surface area contributed by atoms with Crippen LogP contribution in [-0.4, -0.2) is 23.1 Å². The molecular weight excluding hydrogens is 340 g/mol. The molecule has 2 heterocycles. The topological polar surface area (TPSA) is 49.9 Å². The van der Waals surface area contributed by atoms with Gasteiger partial charge in [0.15, 0.2) is 0 Å². The molecule has 0 bridgehead atoms. The fourth-order valence-corrected chi connectivity index (χ4v) is 2.40. The maximum Gasteiger partial charge on any atom is 0.138 e. The molecule has 1 aromatic heterocycles. The van der Waals surface area contributed by atoms with Crippen LogP contribution in [0, 0.1) is 11.7 Å². The van der Waals surface area contributed by atoms with Crippen LogP contribution in [0.4, 0.5) is 4.39 Å². The largest absolute Gasteiger partial charge is 0.493 e. The van der Waals surface area contributed by atoms with Crippen LogP contribution in [0.1, 0.15) is 25.2 Å². The van der Waals surface area contributed by atoms with E-state index in [1.807, 2.05) is 6.07 Å². The molecule has 1 aromatic carbocycles. The summed E-state index contributed by atoms with van der Waals surface area (Å²) in [6.45, 7) is 6.42. The minimum absolute atomic E-state index is 0. The number of halogens is 3. The van der Waals surface area contributed by atoms with Crippen molar-refractivity contribution in [2.24, 2.45) is 5.92 Å². The van der Waals surface area contributed by atoms with E-state index in [1.54, 1.807) is 0 Å². The van der Waals surface area contributed by atoms with Crippen LogP contribution in [0.25, 0.3) is 11.4 Å². The van der Waals surface area contributed by atoms with E-state index in [9.17, 15) is 4.39 Å². The Morgan fingerprint density at radius 2 is 2.04 bits per heavy atom. The predicted molar refractivity (Wildman–Crippen MR) is 94.2 cm³/mol. The van der Waals surface area contributed by atoms with E-state index in [0.717, 1.165) is 36.5 Å². The van der Waals surface area contributed by atoms with E-state index in [2.05, 4.69) is 29.1 Å². The molecule has 1 aliphatic rings. The fraction of sp³-hybridized carbons (Fsp3) is 0.438. The monoisotopic (exact) mass is 361 g/mol. The number of hydrogen-bond acceptors (Lipinski definition) is 3. The molecule has 1 aliphatic heterocycles. The van der Waals surface area contributed by atoms with Crippen molar-refractivity contribution >= 4 is 24.8 Å². The predicted octanol–water partition coefficient (Wildman–Crippen LogP) is 3.74. The highest BCUT2D eigenvalue weighted by atomic mass is 35.5. The van der Waals surface area contributed by atoms with Crippen molar-refractivity contribution < 1.29 is 9.13 Å². The molecule has 2 N–H and O–H groups in total. The third kappa shape index (κ3) is 4.83. The quantitative estimate of drug-likeness (QED) is 0.871. The van der Waals surface area contributed by atoms with Crippen molar-refractivity contribution in [1.82, 2.24) is 15.3 Å². The molecule has 0 aliphatic carbocycles. The van der Waals surface area contributed by atoms with Gasteiger partial charge in [0.1, 0.15) is 17.4 Å². The first-order valence-electron chi connectivity index (χ1n) is 7.34. The van der Waals surface area contributed by atoms with E-state index in [-0.39, 0.29) is 30.6 Å². The van der Waals surface area contributed by atoms with Crippen LogP contribution in [0.3, 0.4) is 0 Å². The zero-order valence-corrected chi connectivity index (χ0v) is 14.8. The minimum Gasteiger partial charge on any atom is -0.493 e. The molecule has 0 radical (unpaired) electrons. The normalized spacial score (nSPS) is 13.0. The number of benzene rings is 1. The maximum absolute atomic E-state index is 13.8. The smallest absolute Gasteiger partial charge is 0.138 e. The Kier molecular flexibility index (Phi) is 7.32. The third-order valence-electron chi connectivity index (χ3n) is 3.43. The molecule has 0 spiro atoms. The number of nitrogens with one attached hydrogen (secondary N) is 2. The number of H-pyrrole nitrogens is 1. The van der Waals surface area contributed by atoms with Gasteiger partial charge in [-0.1, -0.05) is 13.8 Å². The first-order chi connectivity index (χ1) is 10.1. The van der Waals surface area contributed by atoms with Gasteiger partial charge >= 0.3 is 0 Å². The van der Waals surface area contributed by atoms with Crippen LogP contribution in [0.5, 0.6) is 5.75 Å². The second-order valence-electron chi connectivity index (χ2n) is 5.82. The van der Waals surface area contributed by atoms with Crippen LogP contribution >= 0.6 is 24.8 Å². The van der Waals surface area contributed by atoms with Gasteiger partial charge in [-0.3, -0.25) is 0 Å². The number of ether oxygens (including phenoxy) is 1. The number of imidazole rings is 1. The van der Waals surface area contributed by atoms with E-state index in [1.165, 1.54) is 12.1 Å². The summed E-state index contributed by atoms with van der Waals surface area (Å²) in [7, 11) is 0. The molecule has 0 saturated carbocycles. The standard InChI is InChI=1S/C16H20FN3O.2ClH/c1-10(2)9-21-13-6-11(5-12(17)7-13)16-19-14-3-4-18-8-15(14)20-16;;/h5-7,10,18H,3-4,8-9H2,1-2H3,(H,19,20);2*1H. The molecule has 128 valence electrons. The van der Waals surface area contributed by atoms with Crippen LogP contribution < -0.4 is 10.1 Å². The summed E-state index contributed by atoms with van der Waals surface area (Å²) in [5, 5.41) is 3.29. The third-order valence-corrected chi connectivity index (χ3v) is 3.43. The molecule has 0 saturated heterocycles. The molecule has 3 rings (SSSR count). The number of rotatable bonds is 4. The summed E-state index contributed by atoms with van der Waals surface area (Å²) in [4.78, 5) is 7.85. The van der Waals surface area contributed by atoms with Gasteiger partial charge in [-0.2, -0.15) is 0 Å². The molecular formula is C16H22Cl2FN3O. The van der Waals surface area contributed by atoms with Crippen LogP contribution in [-0.2, 0) is 13.0 Å². The highest BCUT2D eigenvalue weighted by molar-refractivity contribution is 5.85. The summed E-state index contributed by atoms with van der Waals surface area (Å²) < 4.78 is 19.4. The van der Waals surface area contributed by atoms with E-state index in [4.69, 9.17) is 4.74 Å². The lowest BCUT2D eigenvalue weighted by molar-refractivity contribution is 0.270. The Morgan fingerprint density at radius 3 is 2.74 bits per heavy atom. The Labute approximate surface area is 148 Å².